The maximum Gasteiger partial charge on any atom is 0.269 e. The lowest BCUT2D eigenvalue weighted by Gasteiger charge is -2.10. The summed E-state index contributed by atoms with van der Waals surface area (Å²) in [5.74, 6) is 1.40. The van der Waals surface area contributed by atoms with Crippen molar-refractivity contribution in [3.05, 3.63) is 82.2 Å². The molecule has 32 heavy (non-hydrogen) atoms. The van der Waals surface area contributed by atoms with Crippen molar-refractivity contribution < 1.29 is 9.34 Å². The number of nitro benzene ring substituents is 1. The molecule has 0 aliphatic rings. The maximum absolute atomic E-state index is 10.8. The molecule has 2 aromatic heterocycles. The molecule has 162 valence electrons. The van der Waals surface area contributed by atoms with Crippen LogP contribution in [0.15, 0.2) is 70.8 Å². The fraction of sp³-hybridized carbons (Fsp3) is 0.143. The van der Waals surface area contributed by atoms with Crippen molar-refractivity contribution in [2.45, 2.75) is 23.9 Å². The number of non-ortho nitro benzene ring substituents is 1. The number of benzene rings is 2. The summed E-state index contributed by atoms with van der Waals surface area (Å²) < 4.78 is 7.75. The van der Waals surface area contributed by atoms with Crippen LogP contribution in [0.2, 0.25) is 5.02 Å². The monoisotopic (exact) mass is 468 g/mol. The molecule has 0 aliphatic carbocycles. The van der Waals surface area contributed by atoms with Crippen molar-refractivity contribution in [2.75, 3.05) is 0 Å². The predicted molar refractivity (Wildman–Crippen MR) is 121 cm³/mol. The Morgan fingerprint density at radius 2 is 1.81 bits per heavy atom. The Hall–Kier alpha value is -3.50. The van der Waals surface area contributed by atoms with Gasteiger partial charge in [0.2, 0.25) is 11.8 Å². The van der Waals surface area contributed by atoms with E-state index in [1.807, 2.05) is 23.6 Å². The van der Waals surface area contributed by atoms with Gasteiger partial charge in [-0.15, -0.1) is 27.0 Å². The summed E-state index contributed by atoms with van der Waals surface area (Å²) in [5.41, 5.74) is 1.49. The molecule has 0 amide bonds. The molecule has 0 saturated heterocycles. The van der Waals surface area contributed by atoms with Crippen LogP contribution < -0.4 is 0 Å². The molecular formula is C21H17ClN6O3S. The minimum absolute atomic E-state index is 0.00420. The largest absolute Gasteiger partial charge is 0.419 e. The van der Waals surface area contributed by atoms with E-state index in [2.05, 4.69) is 27.0 Å². The second-order valence-corrected chi connectivity index (χ2v) is 8.47. The van der Waals surface area contributed by atoms with Crippen LogP contribution in [0, 0.1) is 10.1 Å². The Morgan fingerprint density at radius 3 is 2.47 bits per heavy atom. The van der Waals surface area contributed by atoms with E-state index < -0.39 is 4.92 Å². The lowest BCUT2D eigenvalue weighted by atomic mass is 10.2. The molecule has 1 unspecified atom stereocenters. The highest BCUT2D eigenvalue weighted by Gasteiger charge is 2.21. The fourth-order valence-electron chi connectivity index (χ4n) is 2.93. The zero-order valence-electron chi connectivity index (χ0n) is 16.9. The summed E-state index contributed by atoms with van der Waals surface area (Å²) in [6, 6.07) is 13.3. The fourth-order valence-corrected chi connectivity index (χ4v) is 3.95. The Labute approximate surface area is 192 Å². The third-order valence-electron chi connectivity index (χ3n) is 4.53. The SMILES string of the molecule is C=CCn1c(SC(C)c2nnc(-c3ccc([N+](=O)[O-])cc3)o2)nnc1-c1ccc(Cl)cc1. The number of hydrogen-bond donors (Lipinski definition) is 0. The molecule has 0 spiro atoms. The lowest BCUT2D eigenvalue weighted by molar-refractivity contribution is -0.384. The van der Waals surface area contributed by atoms with Gasteiger partial charge in [0, 0.05) is 34.8 Å². The number of halogens is 1. The zero-order valence-corrected chi connectivity index (χ0v) is 18.5. The van der Waals surface area contributed by atoms with E-state index in [1.165, 1.54) is 23.9 Å². The van der Waals surface area contributed by atoms with E-state index in [9.17, 15) is 10.1 Å². The van der Waals surface area contributed by atoms with Crippen LogP contribution in [-0.2, 0) is 6.54 Å². The van der Waals surface area contributed by atoms with E-state index in [4.69, 9.17) is 16.0 Å². The second-order valence-electron chi connectivity index (χ2n) is 6.72. The summed E-state index contributed by atoms with van der Waals surface area (Å²) in [4.78, 5) is 10.4. The van der Waals surface area contributed by atoms with Crippen molar-refractivity contribution in [3.63, 3.8) is 0 Å². The van der Waals surface area contributed by atoms with Crippen molar-refractivity contribution in [1.29, 1.82) is 0 Å². The molecule has 0 bridgehead atoms. The van der Waals surface area contributed by atoms with Crippen LogP contribution in [-0.4, -0.2) is 29.9 Å². The first-order valence-corrected chi connectivity index (χ1v) is 10.8. The Bertz CT molecular complexity index is 1250. The second kappa shape index (κ2) is 9.33. The van der Waals surface area contributed by atoms with Gasteiger partial charge in [0.05, 0.1) is 10.2 Å². The molecule has 9 nitrogen and oxygen atoms in total. The van der Waals surface area contributed by atoms with Crippen molar-refractivity contribution in [2.24, 2.45) is 0 Å². The summed E-state index contributed by atoms with van der Waals surface area (Å²) in [7, 11) is 0. The molecule has 0 fully saturated rings. The smallest absolute Gasteiger partial charge is 0.269 e. The summed E-state index contributed by atoms with van der Waals surface area (Å²) in [6.45, 7) is 6.28. The number of allylic oxidation sites excluding steroid dienone is 1. The number of aromatic nitrogens is 5. The van der Waals surface area contributed by atoms with Gasteiger partial charge in [-0.05, 0) is 43.3 Å². The first-order valence-electron chi connectivity index (χ1n) is 9.51. The van der Waals surface area contributed by atoms with Crippen LogP contribution in [0.25, 0.3) is 22.8 Å². The number of nitrogens with zero attached hydrogens (tertiary/aromatic N) is 6. The highest BCUT2D eigenvalue weighted by atomic mass is 35.5. The molecule has 4 rings (SSSR count). The molecule has 2 aromatic carbocycles. The van der Waals surface area contributed by atoms with Crippen LogP contribution in [0.5, 0.6) is 0 Å². The van der Waals surface area contributed by atoms with E-state index in [-0.39, 0.29) is 16.8 Å². The van der Waals surface area contributed by atoms with Gasteiger partial charge < -0.3 is 4.42 Å². The van der Waals surface area contributed by atoms with Crippen LogP contribution in [0.1, 0.15) is 18.1 Å². The van der Waals surface area contributed by atoms with Gasteiger partial charge in [0.25, 0.3) is 5.69 Å². The number of thioether (sulfide) groups is 1. The minimum Gasteiger partial charge on any atom is -0.419 e. The molecule has 0 saturated carbocycles. The minimum atomic E-state index is -0.459. The highest BCUT2D eigenvalue weighted by Crippen LogP contribution is 2.36. The Kier molecular flexibility index (Phi) is 6.33. The van der Waals surface area contributed by atoms with Gasteiger partial charge in [-0.3, -0.25) is 14.7 Å². The Balaban J connectivity index is 1.55. The van der Waals surface area contributed by atoms with Crippen molar-refractivity contribution in [1.82, 2.24) is 25.0 Å². The third kappa shape index (κ3) is 4.56. The first-order chi connectivity index (χ1) is 15.5. The van der Waals surface area contributed by atoms with Crippen molar-refractivity contribution >= 4 is 29.1 Å². The van der Waals surface area contributed by atoms with Gasteiger partial charge >= 0.3 is 0 Å². The van der Waals surface area contributed by atoms with Crippen LogP contribution in [0.4, 0.5) is 5.69 Å². The van der Waals surface area contributed by atoms with Crippen molar-refractivity contribution in [3.8, 4) is 22.8 Å². The van der Waals surface area contributed by atoms with E-state index >= 15 is 0 Å². The van der Waals surface area contributed by atoms with Gasteiger partial charge in [-0.25, -0.2) is 0 Å². The molecule has 11 heteroatoms. The molecule has 2 heterocycles. The summed E-state index contributed by atoms with van der Waals surface area (Å²) >= 11 is 7.42. The molecule has 0 radical (unpaired) electrons. The quantitative estimate of drug-likeness (QED) is 0.142. The van der Waals surface area contributed by atoms with Gasteiger partial charge in [0.1, 0.15) is 0 Å². The van der Waals surface area contributed by atoms with Gasteiger partial charge in [-0.1, -0.05) is 29.4 Å². The zero-order chi connectivity index (χ0) is 22.7. The summed E-state index contributed by atoms with van der Waals surface area (Å²) in [6.07, 6.45) is 1.77. The van der Waals surface area contributed by atoms with Crippen LogP contribution in [0.3, 0.4) is 0 Å². The highest BCUT2D eigenvalue weighted by molar-refractivity contribution is 7.99. The maximum atomic E-state index is 10.8. The molecule has 0 N–H and O–H groups in total. The number of nitro groups is 1. The standard InChI is InChI=1S/C21H17ClN6O3S/c1-3-12-27-18(14-4-8-16(22)9-5-14)23-26-21(27)32-13(2)19-24-25-20(31-19)15-6-10-17(11-7-15)28(29)30/h3-11,13H,1,12H2,2H3. The molecule has 4 aromatic rings. The summed E-state index contributed by atoms with van der Waals surface area (Å²) in [5, 5.41) is 28.8. The molecular weight excluding hydrogens is 452 g/mol. The van der Waals surface area contributed by atoms with Crippen LogP contribution >= 0.6 is 23.4 Å². The third-order valence-corrected chi connectivity index (χ3v) is 5.85. The van der Waals surface area contributed by atoms with E-state index in [1.54, 1.807) is 30.3 Å². The van der Waals surface area contributed by atoms with Gasteiger partial charge in [0.15, 0.2) is 11.0 Å². The molecule has 1 atom stereocenters. The average molecular weight is 469 g/mol. The average Bonchev–Trinajstić information content (AvgIpc) is 3.43. The van der Waals surface area contributed by atoms with Gasteiger partial charge in [-0.2, -0.15) is 0 Å². The predicted octanol–water partition coefficient (Wildman–Crippen LogP) is 5.60. The first kappa shape index (κ1) is 21.7. The van der Waals surface area contributed by atoms with E-state index in [0.717, 1.165) is 5.56 Å². The number of rotatable bonds is 8. The number of hydrogen-bond acceptors (Lipinski definition) is 8. The lowest BCUT2D eigenvalue weighted by Crippen LogP contribution is -2.01. The Morgan fingerprint density at radius 1 is 1.12 bits per heavy atom. The normalized spacial score (nSPS) is 11.9. The topological polar surface area (TPSA) is 113 Å². The van der Waals surface area contributed by atoms with E-state index in [0.29, 0.717) is 34.0 Å². The molecule has 0 aliphatic heterocycles.